The Hall–Kier alpha value is -0.120. The van der Waals surface area contributed by atoms with E-state index in [1.807, 2.05) is 0 Å². The summed E-state index contributed by atoms with van der Waals surface area (Å²) >= 11 is 0. The molecule has 3 fully saturated rings. The number of aliphatic hydroxyl groups is 1. The normalized spacial score (nSPS) is 41.6. The molecule has 3 saturated heterocycles. The first-order valence-electron chi connectivity index (χ1n) is 5.78. The fraction of sp³-hybridized carbons (Fsp3) is 1.00. The van der Waals surface area contributed by atoms with Crippen molar-refractivity contribution in [2.24, 2.45) is 5.92 Å². The maximum Gasteiger partial charge on any atom is 0.107 e. The van der Waals surface area contributed by atoms with E-state index in [4.69, 9.17) is 4.74 Å². The van der Waals surface area contributed by atoms with Gasteiger partial charge in [0.2, 0.25) is 0 Å². The van der Waals surface area contributed by atoms with Crippen molar-refractivity contribution in [3.63, 3.8) is 0 Å². The zero-order valence-corrected chi connectivity index (χ0v) is 9.04. The van der Waals surface area contributed by atoms with Crippen LogP contribution in [0.25, 0.3) is 0 Å². The monoisotopic (exact) mass is 199 g/mol. The number of hydrogen-bond donors (Lipinski definition) is 1. The molecule has 0 spiro atoms. The first-order chi connectivity index (χ1) is 6.80. The molecule has 1 atom stereocenters. The van der Waals surface area contributed by atoms with E-state index in [2.05, 4.69) is 11.8 Å². The molecule has 3 heteroatoms. The van der Waals surface area contributed by atoms with E-state index in [-0.39, 0.29) is 12.2 Å². The largest absolute Gasteiger partial charge is 0.393 e. The van der Waals surface area contributed by atoms with Gasteiger partial charge in [-0.2, -0.15) is 0 Å². The van der Waals surface area contributed by atoms with Crippen LogP contribution in [-0.4, -0.2) is 48.5 Å². The molecule has 0 aromatic rings. The van der Waals surface area contributed by atoms with Gasteiger partial charge in [-0.05, 0) is 38.3 Å². The van der Waals surface area contributed by atoms with Gasteiger partial charge in [-0.1, -0.05) is 6.92 Å². The van der Waals surface area contributed by atoms with E-state index in [1.165, 1.54) is 25.9 Å². The van der Waals surface area contributed by atoms with Gasteiger partial charge in [0.1, 0.15) is 5.60 Å². The van der Waals surface area contributed by atoms with E-state index in [0.717, 1.165) is 19.6 Å². The lowest BCUT2D eigenvalue weighted by atomic mass is 9.75. The minimum atomic E-state index is -0.230. The van der Waals surface area contributed by atoms with Crippen LogP contribution in [0.4, 0.5) is 0 Å². The highest BCUT2D eigenvalue weighted by Crippen LogP contribution is 2.37. The SMILES string of the molecule is CCCOC1(CO)CN2CCC1CC2. The molecule has 0 radical (unpaired) electrons. The molecule has 0 saturated carbocycles. The number of piperidine rings is 3. The van der Waals surface area contributed by atoms with Crippen molar-refractivity contribution < 1.29 is 9.84 Å². The Labute approximate surface area is 86.0 Å². The zero-order chi connectivity index (χ0) is 10.0. The van der Waals surface area contributed by atoms with Gasteiger partial charge in [0.25, 0.3) is 0 Å². The number of fused-ring (bicyclic) bond motifs is 3. The van der Waals surface area contributed by atoms with Crippen LogP contribution >= 0.6 is 0 Å². The molecule has 3 heterocycles. The maximum atomic E-state index is 9.54. The molecule has 1 N–H and O–H groups in total. The fourth-order valence-electron chi connectivity index (χ4n) is 2.82. The van der Waals surface area contributed by atoms with E-state index in [1.54, 1.807) is 0 Å². The molecule has 3 aliphatic rings. The number of hydrogen-bond acceptors (Lipinski definition) is 3. The second-order valence-corrected chi connectivity index (χ2v) is 4.62. The molecule has 0 aromatic carbocycles. The molecular formula is C11H21NO2. The Balaban J connectivity index is 2.03. The number of ether oxygens (including phenoxy) is 1. The van der Waals surface area contributed by atoms with Gasteiger partial charge in [0, 0.05) is 13.2 Å². The first kappa shape index (κ1) is 10.4. The Morgan fingerprint density at radius 3 is 2.57 bits per heavy atom. The summed E-state index contributed by atoms with van der Waals surface area (Å²) in [5, 5.41) is 9.54. The number of aliphatic hydroxyl groups excluding tert-OH is 1. The van der Waals surface area contributed by atoms with Gasteiger partial charge >= 0.3 is 0 Å². The number of rotatable bonds is 4. The summed E-state index contributed by atoms with van der Waals surface area (Å²) in [6.07, 6.45) is 3.43. The number of nitrogens with zero attached hydrogens (tertiary/aromatic N) is 1. The average Bonchev–Trinajstić information content (AvgIpc) is 2.28. The van der Waals surface area contributed by atoms with Gasteiger partial charge in [0.05, 0.1) is 6.61 Å². The minimum absolute atomic E-state index is 0.189. The molecule has 3 nitrogen and oxygen atoms in total. The van der Waals surface area contributed by atoms with E-state index >= 15 is 0 Å². The highest BCUT2D eigenvalue weighted by atomic mass is 16.5. The molecule has 0 aliphatic carbocycles. The second kappa shape index (κ2) is 4.17. The highest BCUT2D eigenvalue weighted by molar-refractivity contribution is 4.99. The summed E-state index contributed by atoms with van der Waals surface area (Å²) in [6, 6.07) is 0. The zero-order valence-electron chi connectivity index (χ0n) is 9.04. The van der Waals surface area contributed by atoms with Gasteiger partial charge in [-0.25, -0.2) is 0 Å². The molecule has 1 unspecified atom stereocenters. The van der Waals surface area contributed by atoms with Crippen LogP contribution in [0.1, 0.15) is 26.2 Å². The van der Waals surface area contributed by atoms with Crippen molar-refractivity contribution in [1.82, 2.24) is 4.90 Å². The molecule has 82 valence electrons. The van der Waals surface area contributed by atoms with Gasteiger partial charge in [-0.3, -0.25) is 0 Å². The van der Waals surface area contributed by atoms with E-state index < -0.39 is 0 Å². The Morgan fingerprint density at radius 1 is 1.43 bits per heavy atom. The van der Waals surface area contributed by atoms with Gasteiger partial charge in [0.15, 0.2) is 0 Å². The quantitative estimate of drug-likeness (QED) is 0.729. The fourth-order valence-corrected chi connectivity index (χ4v) is 2.82. The third kappa shape index (κ3) is 1.69. The third-order valence-electron chi connectivity index (χ3n) is 3.68. The van der Waals surface area contributed by atoms with E-state index in [9.17, 15) is 5.11 Å². The van der Waals surface area contributed by atoms with Crippen LogP contribution in [0, 0.1) is 5.92 Å². The summed E-state index contributed by atoms with van der Waals surface area (Å²) in [5.74, 6) is 0.587. The van der Waals surface area contributed by atoms with Crippen LogP contribution in [-0.2, 0) is 4.74 Å². The predicted octanol–water partition coefficient (Wildman–Crippen LogP) is 0.870. The predicted molar refractivity (Wildman–Crippen MR) is 55.2 cm³/mol. The van der Waals surface area contributed by atoms with Crippen LogP contribution < -0.4 is 0 Å². The second-order valence-electron chi connectivity index (χ2n) is 4.62. The molecule has 0 aromatic heterocycles. The van der Waals surface area contributed by atoms with Crippen molar-refractivity contribution in [2.45, 2.75) is 31.8 Å². The van der Waals surface area contributed by atoms with Crippen LogP contribution in [0.3, 0.4) is 0 Å². The van der Waals surface area contributed by atoms with Crippen LogP contribution in [0.15, 0.2) is 0 Å². The van der Waals surface area contributed by atoms with E-state index in [0.29, 0.717) is 5.92 Å². The summed E-state index contributed by atoms with van der Waals surface area (Å²) in [4.78, 5) is 2.42. The average molecular weight is 199 g/mol. The Kier molecular flexibility index (Phi) is 3.10. The van der Waals surface area contributed by atoms with Crippen molar-refractivity contribution in [1.29, 1.82) is 0 Å². The minimum Gasteiger partial charge on any atom is -0.393 e. The molecule has 3 aliphatic heterocycles. The lowest BCUT2D eigenvalue weighted by Crippen LogP contribution is -2.62. The topological polar surface area (TPSA) is 32.7 Å². The van der Waals surface area contributed by atoms with Crippen molar-refractivity contribution in [2.75, 3.05) is 32.8 Å². The van der Waals surface area contributed by atoms with Gasteiger partial charge < -0.3 is 14.7 Å². The molecule has 2 bridgehead atoms. The summed E-state index contributed by atoms with van der Waals surface area (Å²) in [6.45, 7) is 6.42. The summed E-state index contributed by atoms with van der Waals surface area (Å²) in [7, 11) is 0. The highest BCUT2D eigenvalue weighted by Gasteiger charge is 2.47. The van der Waals surface area contributed by atoms with Crippen molar-refractivity contribution >= 4 is 0 Å². The summed E-state index contributed by atoms with van der Waals surface area (Å²) < 4.78 is 5.91. The van der Waals surface area contributed by atoms with Crippen LogP contribution in [0.2, 0.25) is 0 Å². The third-order valence-corrected chi connectivity index (χ3v) is 3.68. The van der Waals surface area contributed by atoms with Crippen molar-refractivity contribution in [3.8, 4) is 0 Å². The lowest BCUT2D eigenvalue weighted by molar-refractivity contribution is -0.173. The van der Waals surface area contributed by atoms with Crippen LogP contribution in [0.5, 0.6) is 0 Å². The molecular weight excluding hydrogens is 178 g/mol. The van der Waals surface area contributed by atoms with Crippen molar-refractivity contribution in [3.05, 3.63) is 0 Å². The summed E-state index contributed by atoms with van der Waals surface area (Å²) in [5.41, 5.74) is -0.230. The standard InChI is InChI=1S/C11H21NO2/c1-2-7-14-11(9-13)8-12-5-3-10(11)4-6-12/h10,13H,2-9H2,1H3. The van der Waals surface area contributed by atoms with Gasteiger partial charge in [-0.15, -0.1) is 0 Å². The Bertz CT molecular complexity index is 190. The smallest absolute Gasteiger partial charge is 0.107 e. The molecule has 3 rings (SSSR count). The molecule has 14 heavy (non-hydrogen) atoms. The Morgan fingerprint density at radius 2 is 2.14 bits per heavy atom. The first-order valence-corrected chi connectivity index (χ1v) is 5.78. The lowest BCUT2D eigenvalue weighted by Gasteiger charge is -2.52. The maximum absolute atomic E-state index is 9.54. The molecule has 0 amide bonds.